The third kappa shape index (κ3) is 4.51. The van der Waals surface area contributed by atoms with Gasteiger partial charge < -0.3 is 4.98 Å². The summed E-state index contributed by atoms with van der Waals surface area (Å²) >= 11 is 0. The lowest BCUT2D eigenvalue weighted by Gasteiger charge is -2.31. The molecule has 0 bridgehead atoms. The number of aromatic nitrogens is 1. The molecular weight excluding hydrogens is 283 g/mol. The molecule has 0 aliphatic carbocycles. The quantitative estimate of drug-likeness (QED) is 0.911. The number of nitrogens with one attached hydrogen (secondary N) is 1. The van der Waals surface area contributed by atoms with Crippen LogP contribution in [0.1, 0.15) is 36.6 Å². The molecule has 1 aliphatic heterocycles. The summed E-state index contributed by atoms with van der Waals surface area (Å²) < 4.78 is 0. The van der Waals surface area contributed by atoms with Crippen LogP contribution in [0.3, 0.4) is 0 Å². The van der Waals surface area contributed by atoms with Gasteiger partial charge in [0.15, 0.2) is 5.43 Å². The normalized spacial score (nSPS) is 19.4. The summed E-state index contributed by atoms with van der Waals surface area (Å²) in [7, 11) is 0. The Morgan fingerprint density at radius 3 is 2.68 bits per heavy atom. The minimum absolute atomic E-state index is 0. The molecule has 1 fully saturated rings. The molecule has 1 aromatic rings. The monoisotopic (exact) mass is 306 g/mol. The van der Waals surface area contributed by atoms with Gasteiger partial charge in [-0.05, 0) is 39.2 Å². The maximum atomic E-state index is 11.9. The molecule has 0 aromatic carbocycles. The van der Waals surface area contributed by atoms with E-state index < -0.39 is 0 Å². The van der Waals surface area contributed by atoms with Crippen molar-refractivity contribution in [3.63, 3.8) is 0 Å². The predicted molar refractivity (Wildman–Crippen MR) is 84.7 cm³/mol. The van der Waals surface area contributed by atoms with Crippen molar-refractivity contribution < 1.29 is 0 Å². The molecule has 0 saturated carbocycles. The van der Waals surface area contributed by atoms with Gasteiger partial charge in [0.05, 0.1) is 0 Å². The number of aromatic amines is 1. The molecule has 1 aromatic heterocycles. The van der Waals surface area contributed by atoms with E-state index in [1.807, 2.05) is 20.0 Å². The zero-order valence-corrected chi connectivity index (χ0v) is 13.5. The van der Waals surface area contributed by atoms with Crippen LogP contribution in [-0.4, -0.2) is 23.0 Å². The van der Waals surface area contributed by atoms with Crippen LogP contribution in [0.4, 0.5) is 0 Å². The zero-order chi connectivity index (χ0) is 12.4. The van der Waals surface area contributed by atoms with Crippen LogP contribution in [0.25, 0.3) is 0 Å². The van der Waals surface area contributed by atoms with Crippen LogP contribution in [-0.2, 0) is 6.54 Å². The summed E-state index contributed by atoms with van der Waals surface area (Å²) in [5.41, 5.74) is 2.94. The van der Waals surface area contributed by atoms with Gasteiger partial charge in [-0.2, -0.15) is 0 Å². The van der Waals surface area contributed by atoms with E-state index in [0.29, 0.717) is 0 Å². The Bertz CT molecular complexity index is 459. The highest BCUT2D eigenvalue weighted by Gasteiger charge is 2.17. The number of likely N-dealkylation sites (tertiary alicyclic amines) is 1. The minimum Gasteiger partial charge on any atom is -0.363 e. The third-order valence-electron chi connectivity index (χ3n) is 3.74. The number of hydrogen-bond acceptors (Lipinski definition) is 2. The first kappa shape index (κ1) is 18.5. The summed E-state index contributed by atoms with van der Waals surface area (Å²) in [5.74, 6) is 0.779. The van der Waals surface area contributed by atoms with Crippen LogP contribution in [0.15, 0.2) is 11.0 Å². The zero-order valence-electron chi connectivity index (χ0n) is 11.9. The number of pyridine rings is 1. The summed E-state index contributed by atoms with van der Waals surface area (Å²) in [4.78, 5) is 17.6. The first-order chi connectivity index (χ1) is 8.08. The number of piperidine rings is 1. The largest absolute Gasteiger partial charge is 0.363 e. The third-order valence-corrected chi connectivity index (χ3v) is 3.74. The summed E-state index contributed by atoms with van der Waals surface area (Å²) in [6, 6.07) is 0. The first-order valence-electron chi connectivity index (χ1n) is 6.48. The molecule has 2 rings (SSSR count). The molecule has 0 spiro atoms. The molecule has 0 radical (unpaired) electrons. The van der Waals surface area contributed by atoms with Crippen LogP contribution in [0, 0.1) is 19.8 Å². The van der Waals surface area contributed by atoms with Crippen molar-refractivity contribution >= 4 is 24.8 Å². The summed E-state index contributed by atoms with van der Waals surface area (Å²) in [6.45, 7) is 9.27. The van der Waals surface area contributed by atoms with Crippen LogP contribution >= 0.6 is 24.8 Å². The summed E-state index contributed by atoms with van der Waals surface area (Å²) in [5, 5.41) is 0. The second-order valence-electron chi connectivity index (χ2n) is 5.39. The molecule has 1 saturated heterocycles. The Hall–Kier alpha value is -0.510. The van der Waals surface area contributed by atoms with Gasteiger partial charge in [-0.3, -0.25) is 9.69 Å². The SMILES string of the molecule is Cc1c[nH]c(CN2CCCC(C)C2)c(C)c1=O.Cl.Cl. The average molecular weight is 307 g/mol. The average Bonchev–Trinajstić information content (AvgIpc) is 2.30. The molecule has 3 nitrogen and oxygen atoms in total. The van der Waals surface area contributed by atoms with E-state index in [9.17, 15) is 4.79 Å². The van der Waals surface area contributed by atoms with Gasteiger partial charge in [0.1, 0.15) is 0 Å². The highest BCUT2D eigenvalue weighted by molar-refractivity contribution is 5.85. The van der Waals surface area contributed by atoms with Gasteiger partial charge in [-0.25, -0.2) is 0 Å². The number of halogens is 2. The first-order valence-corrected chi connectivity index (χ1v) is 6.48. The van der Waals surface area contributed by atoms with Crippen LogP contribution in [0.5, 0.6) is 0 Å². The van der Waals surface area contributed by atoms with Crippen LogP contribution < -0.4 is 5.43 Å². The van der Waals surface area contributed by atoms with Crippen molar-refractivity contribution in [2.24, 2.45) is 5.92 Å². The predicted octanol–water partition coefficient (Wildman–Crippen LogP) is 3.07. The van der Waals surface area contributed by atoms with Gasteiger partial charge in [0.25, 0.3) is 0 Å². The fourth-order valence-electron chi connectivity index (χ4n) is 2.62. The lowest BCUT2D eigenvalue weighted by atomic mass is 10.00. The van der Waals surface area contributed by atoms with E-state index >= 15 is 0 Å². The second kappa shape index (κ2) is 7.93. The second-order valence-corrected chi connectivity index (χ2v) is 5.39. The minimum atomic E-state index is 0. The topological polar surface area (TPSA) is 36.1 Å². The number of aryl methyl sites for hydroxylation is 1. The number of hydrogen-bond donors (Lipinski definition) is 1. The van der Waals surface area contributed by atoms with Crippen molar-refractivity contribution in [3.05, 3.63) is 33.2 Å². The van der Waals surface area contributed by atoms with Crippen molar-refractivity contribution in [2.45, 2.75) is 40.2 Å². The summed E-state index contributed by atoms with van der Waals surface area (Å²) in [6.07, 6.45) is 4.44. The molecule has 0 amide bonds. The smallest absolute Gasteiger partial charge is 0.187 e. The maximum Gasteiger partial charge on any atom is 0.187 e. The van der Waals surface area contributed by atoms with Gasteiger partial charge >= 0.3 is 0 Å². The number of rotatable bonds is 2. The van der Waals surface area contributed by atoms with E-state index in [1.54, 1.807) is 0 Å². The molecule has 1 aliphatic rings. The van der Waals surface area contributed by atoms with Crippen molar-refractivity contribution in [3.8, 4) is 0 Å². The molecule has 5 heteroatoms. The van der Waals surface area contributed by atoms with Crippen molar-refractivity contribution in [1.29, 1.82) is 0 Å². The van der Waals surface area contributed by atoms with Crippen molar-refractivity contribution in [2.75, 3.05) is 13.1 Å². The van der Waals surface area contributed by atoms with E-state index in [2.05, 4.69) is 16.8 Å². The molecule has 110 valence electrons. The number of H-pyrrole nitrogens is 1. The van der Waals surface area contributed by atoms with Gasteiger partial charge in [-0.1, -0.05) is 6.92 Å². The van der Waals surface area contributed by atoms with E-state index in [1.165, 1.54) is 12.8 Å². The Labute approximate surface area is 127 Å². The fraction of sp³-hybridized carbons (Fsp3) is 0.643. The molecule has 1 atom stereocenters. The Kier molecular flexibility index (Phi) is 7.72. The Balaban J connectivity index is 0.00000162. The number of nitrogens with zero attached hydrogens (tertiary/aromatic N) is 1. The standard InChI is InChI=1S/C14H22N2O.2ClH/c1-10-5-4-6-16(8-10)9-13-12(3)14(17)11(2)7-15-13;;/h7,10H,4-6,8-9H2,1-3H3,(H,15,17);2*1H. The highest BCUT2D eigenvalue weighted by Crippen LogP contribution is 2.17. The van der Waals surface area contributed by atoms with E-state index in [-0.39, 0.29) is 30.2 Å². The highest BCUT2D eigenvalue weighted by atomic mass is 35.5. The molecule has 1 unspecified atom stereocenters. The van der Waals surface area contributed by atoms with Gasteiger partial charge in [-0.15, -0.1) is 24.8 Å². The molecule has 1 N–H and O–H groups in total. The lowest BCUT2D eigenvalue weighted by Crippen LogP contribution is -2.34. The van der Waals surface area contributed by atoms with Crippen LogP contribution in [0.2, 0.25) is 0 Å². The lowest BCUT2D eigenvalue weighted by molar-refractivity contribution is 0.174. The molecule has 2 heterocycles. The van der Waals surface area contributed by atoms with Crippen molar-refractivity contribution in [1.82, 2.24) is 9.88 Å². The molecule has 19 heavy (non-hydrogen) atoms. The van der Waals surface area contributed by atoms with E-state index in [4.69, 9.17) is 0 Å². The Morgan fingerprint density at radius 2 is 2.05 bits per heavy atom. The van der Waals surface area contributed by atoms with Gasteiger partial charge in [0.2, 0.25) is 0 Å². The maximum absolute atomic E-state index is 11.9. The molecular formula is C14H24Cl2N2O. The fourth-order valence-corrected chi connectivity index (χ4v) is 2.62. The van der Waals surface area contributed by atoms with Gasteiger partial charge in [0, 0.05) is 36.1 Å². The Morgan fingerprint density at radius 1 is 1.37 bits per heavy atom. The van der Waals surface area contributed by atoms with E-state index in [0.717, 1.165) is 42.4 Å².